The van der Waals surface area contributed by atoms with E-state index in [4.69, 9.17) is 11.6 Å². The van der Waals surface area contributed by atoms with Gasteiger partial charge in [-0.2, -0.15) is 13.2 Å². The number of hydrogen-bond acceptors (Lipinski definition) is 3. The summed E-state index contributed by atoms with van der Waals surface area (Å²) >= 11 is 7.74. The van der Waals surface area contributed by atoms with E-state index in [1.165, 1.54) is 12.1 Å². The Hall–Kier alpha value is -1.70. The minimum atomic E-state index is -4.34. The lowest BCUT2D eigenvalue weighted by molar-refractivity contribution is -0.137. The quantitative estimate of drug-likeness (QED) is 0.637. The van der Waals surface area contributed by atoms with Crippen LogP contribution in [0.4, 0.5) is 13.2 Å². The average molecular weight is 429 g/mol. The number of nitrogens with zero attached hydrogens (tertiary/aromatic N) is 2. The summed E-state index contributed by atoms with van der Waals surface area (Å²) in [6.07, 6.45) is -2.41. The van der Waals surface area contributed by atoms with Gasteiger partial charge < -0.3 is 4.90 Å². The molecule has 8 heteroatoms. The van der Waals surface area contributed by atoms with Crippen molar-refractivity contribution in [2.75, 3.05) is 32.4 Å². The molecule has 2 aromatic carbocycles. The first-order chi connectivity index (χ1) is 13.3. The number of piperazine rings is 1. The summed E-state index contributed by atoms with van der Waals surface area (Å²) in [4.78, 5) is 17.6. The van der Waals surface area contributed by atoms with Gasteiger partial charge in [-0.25, -0.2) is 0 Å². The lowest BCUT2D eigenvalue weighted by Crippen LogP contribution is -2.48. The van der Waals surface area contributed by atoms with Crippen molar-refractivity contribution in [2.45, 2.75) is 17.6 Å². The third-order valence-corrected chi connectivity index (χ3v) is 5.78. The van der Waals surface area contributed by atoms with Crippen LogP contribution in [0.3, 0.4) is 0 Å². The largest absolute Gasteiger partial charge is 0.416 e. The summed E-state index contributed by atoms with van der Waals surface area (Å²) in [5, 5.41) is 0.425. The van der Waals surface area contributed by atoms with Gasteiger partial charge in [0.2, 0.25) is 0 Å². The highest BCUT2D eigenvalue weighted by Crippen LogP contribution is 2.30. The number of halogens is 4. The van der Waals surface area contributed by atoms with Gasteiger partial charge in [-0.3, -0.25) is 9.69 Å². The molecule has 0 aliphatic carbocycles. The molecule has 3 nitrogen and oxygen atoms in total. The Morgan fingerprint density at radius 1 is 1.11 bits per heavy atom. The molecule has 0 saturated carbocycles. The van der Waals surface area contributed by atoms with Crippen LogP contribution in [0.25, 0.3) is 0 Å². The average Bonchev–Trinajstić information content (AvgIpc) is 2.68. The molecule has 1 amide bonds. The zero-order valence-corrected chi connectivity index (χ0v) is 16.9. The number of amides is 1. The van der Waals surface area contributed by atoms with Gasteiger partial charge in [-0.1, -0.05) is 29.8 Å². The minimum Gasteiger partial charge on any atom is -0.336 e. The van der Waals surface area contributed by atoms with Gasteiger partial charge in [0, 0.05) is 37.6 Å². The van der Waals surface area contributed by atoms with E-state index in [2.05, 4.69) is 4.90 Å². The van der Waals surface area contributed by atoms with Crippen molar-refractivity contribution in [3.05, 3.63) is 64.2 Å². The molecule has 2 aromatic rings. The fraction of sp³-hybridized carbons (Fsp3) is 0.350. The van der Waals surface area contributed by atoms with Crippen LogP contribution in [0.15, 0.2) is 47.4 Å². The van der Waals surface area contributed by atoms with Gasteiger partial charge >= 0.3 is 6.18 Å². The lowest BCUT2D eigenvalue weighted by Gasteiger charge is -2.35. The molecular formula is C20H20ClF3N2OS. The van der Waals surface area contributed by atoms with Crippen molar-refractivity contribution >= 4 is 29.3 Å². The van der Waals surface area contributed by atoms with Gasteiger partial charge in [-0.15, -0.1) is 11.8 Å². The fourth-order valence-corrected chi connectivity index (χ4v) is 3.82. The smallest absolute Gasteiger partial charge is 0.336 e. The lowest BCUT2D eigenvalue weighted by atomic mass is 10.1. The van der Waals surface area contributed by atoms with E-state index < -0.39 is 11.7 Å². The normalized spacial score (nSPS) is 15.7. The molecule has 1 saturated heterocycles. The molecule has 0 spiro atoms. The van der Waals surface area contributed by atoms with Crippen molar-refractivity contribution in [1.29, 1.82) is 0 Å². The first-order valence-electron chi connectivity index (χ1n) is 8.79. The zero-order valence-electron chi connectivity index (χ0n) is 15.3. The number of benzene rings is 2. The monoisotopic (exact) mass is 428 g/mol. The molecule has 1 fully saturated rings. The van der Waals surface area contributed by atoms with Crippen molar-refractivity contribution < 1.29 is 18.0 Å². The van der Waals surface area contributed by atoms with Gasteiger partial charge in [0.25, 0.3) is 5.91 Å². The summed E-state index contributed by atoms with van der Waals surface area (Å²) < 4.78 is 38.6. The van der Waals surface area contributed by atoms with E-state index >= 15 is 0 Å². The van der Waals surface area contributed by atoms with Crippen LogP contribution in [0.2, 0.25) is 5.02 Å². The fourth-order valence-electron chi connectivity index (χ4n) is 3.18. The highest BCUT2D eigenvalue weighted by atomic mass is 35.5. The Morgan fingerprint density at radius 3 is 2.46 bits per heavy atom. The number of rotatable bonds is 4. The molecule has 1 aliphatic heterocycles. The Kier molecular flexibility index (Phi) is 6.58. The molecule has 1 aliphatic rings. The summed E-state index contributed by atoms with van der Waals surface area (Å²) in [7, 11) is 0. The second-order valence-electron chi connectivity index (χ2n) is 6.61. The van der Waals surface area contributed by atoms with E-state index in [0.29, 0.717) is 48.9 Å². The van der Waals surface area contributed by atoms with Gasteiger partial charge in [0.15, 0.2) is 0 Å². The maximum Gasteiger partial charge on any atom is 0.416 e. The summed E-state index contributed by atoms with van der Waals surface area (Å²) in [6, 6.07) is 10.8. The molecule has 0 unspecified atom stereocenters. The van der Waals surface area contributed by atoms with Crippen LogP contribution in [-0.2, 0) is 12.7 Å². The van der Waals surface area contributed by atoms with Crippen LogP contribution >= 0.6 is 23.4 Å². The zero-order chi connectivity index (χ0) is 20.3. The molecule has 1 heterocycles. The first kappa shape index (κ1) is 21.0. The highest BCUT2D eigenvalue weighted by molar-refractivity contribution is 7.98. The van der Waals surface area contributed by atoms with Crippen LogP contribution in [0.1, 0.15) is 21.5 Å². The third kappa shape index (κ3) is 5.01. The Bertz CT molecular complexity index is 852. The molecule has 0 radical (unpaired) electrons. The topological polar surface area (TPSA) is 23.6 Å². The van der Waals surface area contributed by atoms with E-state index in [1.54, 1.807) is 34.9 Å². The van der Waals surface area contributed by atoms with Crippen molar-refractivity contribution in [1.82, 2.24) is 9.80 Å². The van der Waals surface area contributed by atoms with Gasteiger partial charge in [-0.05, 0) is 36.1 Å². The van der Waals surface area contributed by atoms with E-state index in [9.17, 15) is 18.0 Å². The number of alkyl halides is 3. The van der Waals surface area contributed by atoms with Crippen molar-refractivity contribution in [2.24, 2.45) is 0 Å². The molecule has 0 atom stereocenters. The van der Waals surface area contributed by atoms with Gasteiger partial charge in [0.05, 0.1) is 16.1 Å². The number of carbonyl (C=O) groups is 1. The van der Waals surface area contributed by atoms with Crippen LogP contribution < -0.4 is 0 Å². The third-order valence-electron chi connectivity index (χ3n) is 4.72. The maximum absolute atomic E-state index is 12.9. The van der Waals surface area contributed by atoms with E-state index in [0.717, 1.165) is 11.0 Å². The standard InChI is InChI=1S/C20H20ClF3N2OS/c1-28-16-5-6-18(21)17(12-16)19(27)26-9-7-25(8-10-26)13-14-3-2-4-15(11-14)20(22,23)24/h2-6,11-12H,7-10,13H2,1H3. The molecule has 0 N–H and O–H groups in total. The maximum atomic E-state index is 12.9. The SMILES string of the molecule is CSc1ccc(Cl)c(C(=O)N2CCN(Cc3cccc(C(F)(F)F)c3)CC2)c1. The van der Waals surface area contributed by atoms with Crippen LogP contribution in [0, 0.1) is 0 Å². The minimum absolute atomic E-state index is 0.111. The Labute approximate surface area is 171 Å². The van der Waals surface area contributed by atoms with Crippen molar-refractivity contribution in [3.63, 3.8) is 0 Å². The molecule has 28 heavy (non-hydrogen) atoms. The Morgan fingerprint density at radius 2 is 1.82 bits per heavy atom. The number of carbonyl (C=O) groups excluding carboxylic acids is 1. The van der Waals surface area contributed by atoms with Crippen LogP contribution in [0.5, 0.6) is 0 Å². The number of hydrogen-bond donors (Lipinski definition) is 0. The molecule has 3 rings (SSSR count). The predicted molar refractivity (Wildman–Crippen MR) is 106 cm³/mol. The predicted octanol–water partition coefficient (Wildman–Crippen LogP) is 5.04. The summed E-state index contributed by atoms with van der Waals surface area (Å²) in [5.41, 5.74) is 0.465. The summed E-state index contributed by atoms with van der Waals surface area (Å²) in [5.74, 6) is -0.111. The van der Waals surface area contributed by atoms with E-state index in [1.807, 2.05) is 12.3 Å². The highest BCUT2D eigenvalue weighted by Gasteiger charge is 2.30. The van der Waals surface area contributed by atoms with Crippen molar-refractivity contribution in [3.8, 4) is 0 Å². The molecule has 150 valence electrons. The second-order valence-corrected chi connectivity index (χ2v) is 7.90. The molecule has 0 aromatic heterocycles. The number of thioether (sulfide) groups is 1. The van der Waals surface area contributed by atoms with E-state index in [-0.39, 0.29) is 5.91 Å². The van der Waals surface area contributed by atoms with Crippen LogP contribution in [-0.4, -0.2) is 48.1 Å². The first-order valence-corrected chi connectivity index (χ1v) is 10.4. The molecule has 0 bridgehead atoms. The molecular weight excluding hydrogens is 409 g/mol. The van der Waals surface area contributed by atoms with Gasteiger partial charge in [0.1, 0.15) is 0 Å². The summed E-state index contributed by atoms with van der Waals surface area (Å²) in [6.45, 7) is 2.65. The second kappa shape index (κ2) is 8.76. The Balaban J connectivity index is 1.61.